The number of halogens is 3. The molecule has 7 nitrogen and oxygen atoms in total. The van der Waals surface area contributed by atoms with E-state index >= 15 is 0 Å². The quantitative estimate of drug-likeness (QED) is 0.312. The van der Waals surface area contributed by atoms with E-state index < -0.39 is 46.2 Å². The van der Waals surface area contributed by atoms with Crippen molar-refractivity contribution in [3.63, 3.8) is 0 Å². The highest BCUT2D eigenvalue weighted by Crippen LogP contribution is 2.33. The van der Waals surface area contributed by atoms with E-state index in [9.17, 15) is 31.2 Å². The lowest BCUT2D eigenvalue weighted by molar-refractivity contribution is -0.139. The molecule has 0 radical (unpaired) electrons. The zero-order valence-corrected chi connectivity index (χ0v) is 24.0. The molecule has 0 aliphatic heterocycles. The van der Waals surface area contributed by atoms with Gasteiger partial charge in [-0.3, -0.25) is 13.9 Å². The number of amides is 2. The second-order valence-corrected chi connectivity index (χ2v) is 11.6. The molecule has 0 aliphatic carbocycles. The summed E-state index contributed by atoms with van der Waals surface area (Å²) in [7, 11) is -4.46. The highest BCUT2D eigenvalue weighted by molar-refractivity contribution is 7.92. The molecular formula is C30H34F3N3O4S. The number of sulfonamides is 1. The highest BCUT2D eigenvalue weighted by Gasteiger charge is 2.35. The summed E-state index contributed by atoms with van der Waals surface area (Å²) in [4.78, 5) is 27.9. The molecule has 2 amide bonds. The van der Waals surface area contributed by atoms with Crippen molar-refractivity contribution in [3.05, 3.63) is 96.1 Å². The fourth-order valence-electron chi connectivity index (χ4n) is 4.12. The molecule has 0 spiro atoms. The van der Waals surface area contributed by atoms with Gasteiger partial charge in [0.05, 0.1) is 16.1 Å². The average Bonchev–Trinajstić information content (AvgIpc) is 2.96. The smallest absolute Gasteiger partial charge is 0.352 e. The summed E-state index contributed by atoms with van der Waals surface area (Å²) >= 11 is 0. The lowest BCUT2D eigenvalue weighted by atomic mass is 10.1. The van der Waals surface area contributed by atoms with Crippen LogP contribution in [0.2, 0.25) is 0 Å². The maximum absolute atomic E-state index is 13.8. The number of rotatable bonds is 12. The number of hydrogen-bond donors (Lipinski definition) is 1. The van der Waals surface area contributed by atoms with E-state index in [1.54, 1.807) is 13.0 Å². The molecule has 0 aliphatic rings. The zero-order chi connectivity index (χ0) is 30.2. The van der Waals surface area contributed by atoms with Gasteiger partial charge in [0.25, 0.3) is 10.0 Å². The van der Waals surface area contributed by atoms with E-state index in [-0.39, 0.29) is 23.2 Å². The van der Waals surface area contributed by atoms with Crippen LogP contribution in [0.25, 0.3) is 0 Å². The Kier molecular flexibility index (Phi) is 10.6. The predicted octanol–water partition coefficient (Wildman–Crippen LogP) is 5.28. The summed E-state index contributed by atoms with van der Waals surface area (Å²) in [6.07, 6.45) is -3.69. The molecule has 0 saturated carbocycles. The van der Waals surface area contributed by atoms with Crippen LogP contribution in [0.15, 0.2) is 89.8 Å². The SMILES string of the molecule is CC[C@H](C)NC(=O)[C@@H](C)N(CCc1ccccc1)C(=O)CN(c1cccc(C(F)(F)F)c1)S(=O)(=O)c1ccccc1. The number of hydrogen-bond acceptors (Lipinski definition) is 4. The van der Waals surface area contributed by atoms with Gasteiger partial charge in [0, 0.05) is 12.6 Å². The van der Waals surface area contributed by atoms with Crippen LogP contribution in [0.1, 0.15) is 38.3 Å². The van der Waals surface area contributed by atoms with Gasteiger partial charge in [0.1, 0.15) is 12.6 Å². The molecule has 2 atom stereocenters. The van der Waals surface area contributed by atoms with Gasteiger partial charge in [-0.1, -0.05) is 61.5 Å². The van der Waals surface area contributed by atoms with Crippen LogP contribution >= 0.6 is 0 Å². The number of anilines is 1. The lowest BCUT2D eigenvalue weighted by Gasteiger charge is -2.32. The number of carbonyl (C=O) groups is 2. The molecule has 0 fully saturated rings. The number of nitrogens with zero attached hydrogens (tertiary/aromatic N) is 2. The van der Waals surface area contributed by atoms with Crippen LogP contribution < -0.4 is 9.62 Å². The normalized spacial score (nSPS) is 13.2. The van der Waals surface area contributed by atoms with Crippen LogP contribution in [0, 0.1) is 0 Å². The minimum absolute atomic E-state index is 0.0831. The van der Waals surface area contributed by atoms with E-state index in [1.807, 2.05) is 44.2 Å². The molecule has 41 heavy (non-hydrogen) atoms. The molecule has 220 valence electrons. The number of nitrogens with one attached hydrogen (secondary N) is 1. The third kappa shape index (κ3) is 8.32. The molecule has 0 unspecified atom stereocenters. The third-order valence-corrected chi connectivity index (χ3v) is 8.51. The van der Waals surface area contributed by atoms with Crippen LogP contribution in [0.4, 0.5) is 18.9 Å². The van der Waals surface area contributed by atoms with Crippen LogP contribution in [0.3, 0.4) is 0 Å². The summed E-state index contributed by atoms with van der Waals surface area (Å²) in [5, 5.41) is 2.84. The Morgan fingerprint density at radius 3 is 2.10 bits per heavy atom. The number of carbonyl (C=O) groups excluding carboxylic acids is 2. The fraction of sp³-hybridized carbons (Fsp3) is 0.333. The van der Waals surface area contributed by atoms with E-state index in [4.69, 9.17) is 0 Å². The van der Waals surface area contributed by atoms with Crippen LogP contribution in [-0.2, 0) is 32.2 Å². The molecule has 0 saturated heterocycles. The Hall–Kier alpha value is -3.86. The van der Waals surface area contributed by atoms with Gasteiger partial charge in [-0.2, -0.15) is 13.2 Å². The minimum atomic E-state index is -4.73. The second-order valence-electron chi connectivity index (χ2n) is 9.69. The first-order valence-electron chi connectivity index (χ1n) is 13.2. The standard InChI is InChI=1S/C30H34F3N3O4S/c1-4-22(2)34-29(38)23(3)35(19-18-24-12-7-5-8-13-24)28(37)21-36(41(39,40)27-16-9-6-10-17-27)26-15-11-14-25(20-26)30(31,32)33/h5-17,20,22-23H,4,18-19,21H2,1-3H3,(H,34,38)/t22-,23+/m0/s1. The summed E-state index contributed by atoms with van der Waals surface area (Å²) in [5.74, 6) is -1.15. The molecule has 3 aromatic rings. The second kappa shape index (κ2) is 13.7. The number of benzene rings is 3. The summed E-state index contributed by atoms with van der Waals surface area (Å²) < 4.78 is 68.7. The van der Waals surface area contributed by atoms with Crippen molar-refractivity contribution in [1.29, 1.82) is 0 Å². The Balaban J connectivity index is 2.02. The largest absolute Gasteiger partial charge is 0.416 e. The molecular weight excluding hydrogens is 555 g/mol. The Labute approximate surface area is 239 Å². The van der Waals surface area contributed by atoms with Crippen molar-refractivity contribution in [2.75, 3.05) is 17.4 Å². The molecule has 1 N–H and O–H groups in total. The maximum atomic E-state index is 13.8. The molecule has 11 heteroatoms. The van der Waals surface area contributed by atoms with E-state index in [1.165, 1.54) is 35.2 Å². The van der Waals surface area contributed by atoms with Gasteiger partial charge in [0.15, 0.2) is 0 Å². The van der Waals surface area contributed by atoms with Crippen molar-refractivity contribution in [3.8, 4) is 0 Å². The van der Waals surface area contributed by atoms with Gasteiger partial charge in [-0.25, -0.2) is 8.42 Å². The van der Waals surface area contributed by atoms with Gasteiger partial charge in [-0.15, -0.1) is 0 Å². The van der Waals surface area contributed by atoms with Gasteiger partial charge in [0.2, 0.25) is 11.8 Å². The van der Waals surface area contributed by atoms with E-state index in [0.29, 0.717) is 23.2 Å². The van der Waals surface area contributed by atoms with Crippen molar-refractivity contribution in [1.82, 2.24) is 10.2 Å². The Morgan fingerprint density at radius 2 is 1.51 bits per heavy atom. The topological polar surface area (TPSA) is 86.8 Å². The van der Waals surface area contributed by atoms with Crippen LogP contribution in [0.5, 0.6) is 0 Å². The van der Waals surface area contributed by atoms with Gasteiger partial charge in [-0.05, 0) is 62.6 Å². The van der Waals surface area contributed by atoms with E-state index in [2.05, 4.69) is 5.32 Å². The molecule has 3 aromatic carbocycles. The molecule has 0 aromatic heterocycles. The number of alkyl halides is 3. The van der Waals surface area contributed by atoms with Gasteiger partial charge >= 0.3 is 6.18 Å². The predicted molar refractivity (Wildman–Crippen MR) is 152 cm³/mol. The summed E-state index contributed by atoms with van der Waals surface area (Å²) in [6, 6.07) is 19.1. The first kappa shape index (κ1) is 31.7. The van der Waals surface area contributed by atoms with E-state index in [0.717, 1.165) is 17.7 Å². The molecule has 3 rings (SSSR count). The minimum Gasteiger partial charge on any atom is -0.352 e. The van der Waals surface area contributed by atoms with Crippen LogP contribution in [-0.4, -0.2) is 50.3 Å². The van der Waals surface area contributed by atoms with Crippen molar-refractivity contribution < 1.29 is 31.2 Å². The Morgan fingerprint density at radius 1 is 0.902 bits per heavy atom. The fourth-order valence-corrected chi connectivity index (χ4v) is 5.55. The first-order chi connectivity index (χ1) is 19.3. The maximum Gasteiger partial charge on any atom is 0.416 e. The first-order valence-corrected chi connectivity index (χ1v) is 14.7. The molecule has 0 bridgehead atoms. The summed E-state index contributed by atoms with van der Waals surface area (Å²) in [6.45, 7) is 4.53. The highest BCUT2D eigenvalue weighted by atomic mass is 32.2. The van der Waals surface area contributed by atoms with Crippen molar-refractivity contribution in [2.45, 2.75) is 56.8 Å². The van der Waals surface area contributed by atoms with Crippen molar-refractivity contribution in [2.24, 2.45) is 0 Å². The zero-order valence-electron chi connectivity index (χ0n) is 23.1. The molecule has 0 heterocycles. The monoisotopic (exact) mass is 589 g/mol. The summed E-state index contributed by atoms with van der Waals surface area (Å²) in [5.41, 5.74) is -0.485. The average molecular weight is 590 g/mol. The lowest BCUT2D eigenvalue weighted by Crippen LogP contribution is -2.53. The third-order valence-electron chi connectivity index (χ3n) is 6.72. The van der Waals surface area contributed by atoms with Crippen molar-refractivity contribution >= 4 is 27.5 Å². The van der Waals surface area contributed by atoms with Gasteiger partial charge < -0.3 is 10.2 Å². The Bertz CT molecular complexity index is 1420.